The fourth-order valence-corrected chi connectivity index (χ4v) is 6.17. The second-order valence-electron chi connectivity index (χ2n) is 13.5. The fraction of sp³-hybridized carbons (Fsp3) is 0.400. The molecule has 4 aromatic carbocycles. The van der Waals surface area contributed by atoms with Crippen molar-refractivity contribution in [3.63, 3.8) is 0 Å². The molecular weight excluding hydrogens is 550 g/mol. The van der Waals surface area contributed by atoms with E-state index in [9.17, 15) is 0 Å². The molecule has 4 N–H and O–H groups in total. The molecule has 2 atom stereocenters. The van der Waals surface area contributed by atoms with E-state index in [0.29, 0.717) is 23.9 Å². The highest BCUT2D eigenvalue weighted by Crippen LogP contribution is 2.31. The maximum atomic E-state index is 3.66. The van der Waals surface area contributed by atoms with Gasteiger partial charge in [0.1, 0.15) is 0 Å². The third-order valence-electron chi connectivity index (χ3n) is 8.16. The zero-order chi connectivity index (χ0) is 32.5. The highest BCUT2D eigenvalue weighted by molar-refractivity contribution is 5.72. The number of hydrogen-bond acceptors (Lipinski definition) is 5. The summed E-state index contributed by atoms with van der Waals surface area (Å²) in [6.45, 7) is 21.0. The molecule has 5 heteroatoms. The summed E-state index contributed by atoms with van der Waals surface area (Å²) in [5.74, 6) is 1.36. The zero-order valence-corrected chi connectivity index (χ0v) is 29.0. The molecule has 0 saturated heterocycles. The van der Waals surface area contributed by atoms with Crippen LogP contribution in [0.3, 0.4) is 0 Å². The van der Waals surface area contributed by atoms with E-state index in [1.54, 1.807) is 0 Å². The van der Waals surface area contributed by atoms with E-state index in [2.05, 4.69) is 173 Å². The van der Waals surface area contributed by atoms with Gasteiger partial charge in [0, 0.05) is 64.1 Å². The predicted molar refractivity (Wildman–Crippen MR) is 200 cm³/mol. The Hall–Kier alpha value is -4.12. The fourth-order valence-electron chi connectivity index (χ4n) is 6.17. The van der Waals surface area contributed by atoms with Crippen LogP contribution < -0.4 is 26.2 Å². The normalized spacial score (nSPS) is 12.6. The molecule has 4 rings (SSSR count). The zero-order valence-electron chi connectivity index (χ0n) is 29.0. The van der Waals surface area contributed by atoms with Crippen molar-refractivity contribution in [1.82, 2.24) is 0 Å². The molecule has 0 heterocycles. The van der Waals surface area contributed by atoms with Crippen LogP contribution in [0.5, 0.6) is 0 Å². The molecule has 0 aromatic heterocycles. The monoisotopic (exact) mass is 605 g/mol. The Morgan fingerprint density at radius 2 is 0.867 bits per heavy atom. The van der Waals surface area contributed by atoms with Gasteiger partial charge in [-0.3, -0.25) is 0 Å². The van der Waals surface area contributed by atoms with E-state index in [4.69, 9.17) is 0 Å². The Morgan fingerprint density at radius 1 is 0.511 bits per heavy atom. The van der Waals surface area contributed by atoms with Gasteiger partial charge in [-0.25, -0.2) is 0 Å². The van der Waals surface area contributed by atoms with Crippen LogP contribution in [-0.4, -0.2) is 18.6 Å². The van der Waals surface area contributed by atoms with Gasteiger partial charge in [0.25, 0.3) is 0 Å². The minimum Gasteiger partial charge on any atom is -0.382 e. The summed E-state index contributed by atoms with van der Waals surface area (Å²) in [6.07, 6.45) is 2.32. The summed E-state index contributed by atoms with van der Waals surface area (Å²) in [6, 6.07) is 31.4. The van der Waals surface area contributed by atoms with Crippen molar-refractivity contribution in [1.29, 1.82) is 0 Å². The molecule has 2 unspecified atom stereocenters. The third-order valence-corrected chi connectivity index (χ3v) is 8.16. The lowest BCUT2D eigenvalue weighted by Gasteiger charge is -2.24. The molecular formula is C40H55N5. The summed E-state index contributed by atoms with van der Waals surface area (Å²) >= 11 is 0. The van der Waals surface area contributed by atoms with E-state index in [1.165, 1.54) is 33.9 Å². The Balaban J connectivity index is 1.36. The minimum absolute atomic E-state index is 0.455. The van der Waals surface area contributed by atoms with Gasteiger partial charge in [-0.2, -0.15) is 0 Å². The Bertz CT molecular complexity index is 1380. The van der Waals surface area contributed by atoms with Crippen molar-refractivity contribution >= 4 is 45.5 Å². The Labute approximate surface area is 272 Å². The SMILES string of the molecule is CCN(c1ccc(Nc2ccc(NC(C)CC(C)C)c(C)c2)cc1)c1ccc(Nc2ccc(NC(C)CC(C)C)c(C)c2)cc1. The van der Waals surface area contributed by atoms with Gasteiger partial charge in [-0.15, -0.1) is 0 Å². The van der Waals surface area contributed by atoms with Crippen LogP contribution in [0.2, 0.25) is 0 Å². The largest absolute Gasteiger partial charge is 0.382 e. The summed E-state index contributed by atoms with van der Waals surface area (Å²) in [5, 5.41) is 14.5. The van der Waals surface area contributed by atoms with Crippen molar-refractivity contribution in [3.05, 3.63) is 96.1 Å². The number of benzene rings is 4. The lowest BCUT2D eigenvalue weighted by atomic mass is 10.0. The molecule has 5 nitrogen and oxygen atoms in total. The highest BCUT2D eigenvalue weighted by Gasteiger charge is 2.11. The van der Waals surface area contributed by atoms with Gasteiger partial charge in [-0.05, 0) is 155 Å². The van der Waals surface area contributed by atoms with Crippen molar-refractivity contribution in [3.8, 4) is 0 Å². The van der Waals surface area contributed by atoms with Crippen LogP contribution in [0.25, 0.3) is 0 Å². The lowest BCUT2D eigenvalue weighted by molar-refractivity contribution is 0.539. The van der Waals surface area contributed by atoms with E-state index in [0.717, 1.165) is 42.1 Å². The van der Waals surface area contributed by atoms with Crippen LogP contribution in [0.1, 0.15) is 72.4 Å². The van der Waals surface area contributed by atoms with Crippen LogP contribution in [-0.2, 0) is 0 Å². The topological polar surface area (TPSA) is 51.4 Å². The molecule has 0 aliphatic carbocycles. The first-order valence-electron chi connectivity index (χ1n) is 16.8. The molecule has 45 heavy (non-hydrogen) atoms. The van der Waals surface area contributed by atoms with E-state index in [-0.39, 0.29) is 0 Å². The molecule has 0 spiro atoms. The average Bonchev–Trinajstić information content (AvgIpc) is 2.97. The highest BCUT2D eigenvalue weighted by atomic mass is 15.1. The van der Waals surface area contributed by atoms with Crippen LogP contribution in [0.15, 0.2) is 84.9 Å². The standard InChI is InChI=1S/C40H55N5/c1-10-45(37-17-11-33(12-18-37)43-35-15-21-39(29(6)25-35)41-31(8)23-27(2)3)38-19-13-34(14-20-38)44-36-16-22-40(30(7)26-36)42-32(9)24-28(4)5/h11-22,25-28,31-32,41-44H,10,23-24H2,1-9H3. The summed E-state index contributed by atoms with van der Waals surface area (Å²) in [4.78, 5) is 2.33. The number of anilines is 8. The van der Waals surface area contributed by atoms with E-state index >= 15 is 0 Å². The molecule has 0 aliphatic heterocycles. The van der Waals surface area contributed by atoms with Crippen molar-refractivity contribution in [2.45, 2.75) is 87.2 Å². The van der Waals surface area contributed by atoms with E-state index in [1.807, 2.05) is 0 Å². The van der Waals surface area contributed by atoms with Gasteiger partial charge in [-0.1, -0.05) is 27.7 Å². The number of rotatable bonds is 15. The Kier molecular flexibility index (Phi) is 11.8. The van der Waals surface area contributed by atoms with Crippen LogP contribution >= 0.6 is 0 Å². The smallest absolute Gasteiger partial charge is 0.0412 e. The van der Waals surface area contributed by atoms with Gasteiger partial charge < -0.3 is 26.2 Å². The van der Waals surface area contributed by atoms with Crippen molar-refractivity contribution < 1.29 is 0 Å². The quantitative estimate of drug-likeness (QED) is 0.109. The van der Waals surface area contributed by atoms with Gasteiger partial charge in [0.15, 0.2) is 0 Å². The molecule has 0 saturated carbocycles. The van der Waals surface area contributed by atoms with Crippen molar-refractivity contribution in [2.24, 2.45) is 11.8 Å². The molecule has 0 aliphatic rings. The second kappa shape index (κ2) is 15.7. The number of nitrogens with zero attached hydrogens (tertiary/aromatic N) is 1. The number of hydrogen-bond donors (Lipinski definition) is 4. The lowest BCUT2D eigenvalue weighted by Crippen LogP contribution is -2.18. The average molecular weight is 606 g/mol. The predicted octanol–water partition coefficient (Wildman–Crippen LogP) is 11.6. The first kappa shape index (κ1) is 33.8. The first-order valence-corrected chi connectivity index (χ1v) is 16.8. The molecule has 0 fully saturated rings. The van der Waals surface area contributed by atoms with Gasteiger partial charge in [0.05, 0.1) is 0 Å². The van der Waals surface area contributed by atoms with Crippen LogP contribution in [0.4, 0.5) is 45.5 Å². The maximum Gasteiger partial charge on any atom is 0.0412 e. The minimum atomic E-state index is 0.455. The molecule has 0 amide bonds. The second-order valence-corrected chi connectivity index (χ2v) is 13.5. The molecule has 0 bridgehead atoms. The Morgan fingerprint density at radius 3 is 1.18 bits per heavy atom. The van der Waals surface area contributed by atoms with Gasteiger partial charge >= 0.3 is 0 Å². The molecule has 240 valence electrons. The molecule has 4 aromatic rings. The van der Waals surface area contributed by atoms with Crippen LogP contribution in [0, 0.1) is 25.7 Å². The first-order chi connectivity index (χ1) is 21.5. The third kappa shape index (κ3) is 9.94. The number of aryl methyl sites for hydroxylation is 2. The summed E-state index contributed by atoms with van der Waals surface area (Å²) < 4.78 is 0. The summed E-state index contributed by atoms with van der Waals surface area (Å²) in [7, 11) is 0. The van der Waals surface area contributed by atoms with Gasteiger partial charge in [0.2, 0.25) is 0 Å². The maximum absolute atomic E-state index is 3.66. The summed E-state index contributed by atoms with van der Waals surface area (Å²) in [5.41, 5.74) is 11.6. The number of nitrogens with one attached hydrogen (secondary N) is 4. The van der Waals surface area contributed by atoms with E-state index < -0.39 is 0 Å². The van der Waals surface area contributed by atoms with Crippen molar-refractivity contribution in [2.75, 3.05) is 32.7 Å². The molecule has 0 radical (unpaired) electrons.